The molecule has 0 spiro atoms. The molecule has 3 atom stereocenters. The fraction of sp³-hybridized carbons (Fsp3) is 0.556. The van der Waals surface area contributed by atoms with E-state index in [0.717, 1.165) is 11.8 Å². The van der Waals surface area contributed by atoms with Gasteiger partial charge in [-0.1, -0.05) is 0 Å². The van der Waals surface area contributed by atoms with Gasteiger partial charge in [-0.2, -0.15) is 0 Å². The summed E-state index contributed by atoms with van der Waals surface area (Å²) >= 11 is 1.07. The van der Waals surface area contributed by atoms with Crippen molar-refractivity contribution in [2.75, 3.05) is 11.9 Å². The number of carbonyl (C=O) groups is 1. The van der Waals surface area contributed by atoms with Crippen LogP contribution in [0.2, 0.25) is 0 Å². The molecule has 116 valence electrons. The molecule has 1 aromatic heterocycles. The van der Waals surface area contributed by atoms with Gasteiger partial charge in [0.2, 0.25) is 5.18 Å². The SMILES string of the molecule is NC1NC(=O)c2ncn(CC3COC(P(=O)(O)O)S3)c2N1. The Morgan fingerprint density at radius 3 is 3.00 bits per heavy atom. The Bertz CT molecular complexity index is 618. The van der Waals surface area contributed by atoms with Gasteiger partial charge in [0, 0.05) is 11.8 Å². The molecule has 6 N–H and O–H groups in total. The van der Waals surface area contributed by atoms with E-state index >= 15 is 0 Å². The van der Waals surface area contributed by atoms with E-state index in [2.05, 4.69) is 15.6 Å². The smallest absolute Gasteiger partial charge is 0.354 e. The average molecular weight is 335 g/mol. The summed E-state index contributed by atoms with van der Waals surface area (Å²) in [5.74, 6) is 0.130. The summed E-state index contributed by atoms with van der Waals surface area (Å²) in [6, 6.07) is 0. The highest BCUT2D eigenvalue weighted by Gasteiger charge is 2.39. The molecule has 1 aromatic rings. The molecule has 0 bridgehead atoms. The van der Waals surface area contributed by atoms with Crippen LogP contribution in [0.25, 0.3) is 0 Å². The standard InChI is InChI=1S/C9H14N5O5PS/c10-8-12-6-5(7(15)13-8)11-3-14(6)1-4-2-19-9(21-4)20(16,17)18/h3-4,8-9,12H,1-2,10H2,(H,13,15)(H2,16,17,18). The van der Waals surface area contributed by atoms with Crippen LogP contribution in [0.1, 0.15) is 10.5 Å². The Balaban J connectivity index is 1.73. The second-order valence-electron chi connectivity index (χ2n) is 4.68. The Labute approximate surface area is 123 Å². The summed E-state index contributed by atoms with van der Waals surface area (Å²) in [6.45, 7) is 0.613. The predicted octanol–water partition coefficient (Wildman–Crippen LogP) is -1.13. The number of thioether (sulfide) groups is 1. The normalized spacial score (nSPS) is 28.9. The lowest BCUT2D eigenvalue weighted by molar-refractivity contribution is 0.0932. The first-order valence-corrected chi connectivity index (χ1v) is 8.67. The number of hydrogen-bond donors (Lipinski definition) is 5. The number of nitrogens with zero attached hydrogens (tertiary/aromatic N) is 2. The minimum absolute atomic E-state index is 0.149. The highest BCUT2D eigenvalue weighted by molar-refractivity contribution is 8.05. The third-order valence-electron chi connectivity index (χ3n) is 3.04. The van der Waals surface area contributed by atoms with Crippen LogP contribution < -0.4 is 16.4 Å². The van der Waals surface area contributed by atoms with Crippen molar-refractivity contribution in [3.05, 3.63) is 12.0 Å². The van der Waals surface area contributed by atoms with Gasteiger partial charge in [-0.3, -0.25) is 15.1 Å². The molecule has 3 rings (SSSR count). The lowest BCUT2D eigenvalue weighted by Gasteiger charge is -2.23. The topological polar surface area (TPSA) is 152 Å². The Morgan fingerprint density at radius 1 is 1.57 bits per heavy atom. The van der Waals surface area contributed by atoms with Crippen molar-refractivity contribution in [1.82, 2.24) is 14.9 Å². The third kappa shape index (κ3) is 2.93. The molecular formula is C9H14N5O5PS. The monoisotopic (exact) mass is 335 g/mol. The molecule has 3 unspecified atom stereocenters. The van der Waals surface area contributed by atoms with Crippen LogP contribution in [-0.4, -0.2) is 48.6 Å². The maximum atomic E-state index is 11.7. The fourth-order valence-electron chi connectivity index (χ4n) is 2.16. The number of fused-ring (bicyclic) bond motifs is 1. The van der Waals surface area contributed by atoms with Crippen LogP contribution in [0, 0.1) is 0 Å². The number of hydrogen-bond acceptors (Lipinski definition) is 7. The number of nitrogens with one attached hydrogen (secondary N) is 2. The average Bonchev–Trinajstić information content (AvgIpc) is 2.97. The zero-order chi connectivity index (χ0) is 15.2. The predicted molar refractivity (Wildman–Crippen MR) is 74.5 cm³/mol. The van der Waals surface area contributed by atoms with E-state index < -0.39 is 19.1 Å². The molecule has 1 amide bonds. The zero-order valence-electron chi connectivity index (χ0n) is 10.7. The first-order chi connectivity index (χ1) is 9.84. The number of nitrogens with two attached hydrogens (primary N) is 1. The minimum Gasteiger partial charge on any atom is -0.354 e. The summed E-state index contributed by atoms with van der Waals surface area (Å²) in [5, 5.41) is 4.10. The summed E-state index contributed by atoms with van der Waals surface area (Å²) in [5.41, 5.74) is 5.88. The Hall–Kier alpha value is -1.10. The van der Waals surface area contributed by atoms with Crippen molar-refractivity contribution in [1.29, 1.82) is 0 Å². The van der Waals surface area contributed by atoms with E-state index in [4.69, 9.17) is 20.3 Å². The van der Waals surface area contributed by atoms with Crippen LogP contribution in [0.4, 0.5) is 5.82 Å². The van der Waals surface area contributed by atoms with Gasteiger partial charge in [0.05, 0.1) is 12.9 Å². The van der Waals surface area contributed by atoms with E-state index in [1.54, 1.807) is 4.57 Å². The van der Waals surface area contributed by atoms with Gasteiger partial charge < -0.3 is 29.7 Å². The van der Waals surface area contributed by atoms with E-state index in [1.807, 2.05) is 0 Å². The van der Waals surface area contributed by atoms with Crippen molar-refractivity contribution < 1.29 is 23.9 Å². The number of aromatic nitrogens is 2. The van der Waals surface area contributed by atoms with Gasteiger partial charge in [-0.15, -0.1) is 11.8 Å². The molecule has 2 aliphatic heterocycles. The molecule has 2 aliphatic rings. The summed E-state index contributed by atoms with van der Waals surface area (Å²) in [6.07, 6.45) is 0.788. The van der Waals surface area contributed by atoms with Crippen LogP contribution in [0.5, 0.6) is 0 Å². The van der Waals surface area contributed by atoms with Gasteiger partial charge in [-0.25, -0.2) is 4.98 Å². The third-order valence-corrected chi connectivity index (χ3v) is 5.97. The van der Waals surface area contributed by atoms with E-state index in [9.17, 15) is 9.36 Å². The molecule has 0 aromatic carbocycles. The number of amides is 1. The van der Waals surface area contributed by atoms with Gasteiger partial charge >= 0.3 is 7.60 Å². The molecule has 1 saturated heterocycles. The lowest BCUT2D eigenvalue weighted by Crippen LogP contribution is -2.51. The van der Waals surface area contributed by atoms with Crippen molar-refractivity contribution >= 4 is 31.1 Å². The molecule has 0 aliphatic carbocycles. The summed E-state index contributed by atoms with van der Waals surface area (Å²) in [4.78, 5) is 33.9. The van der Waals surface area contributed by atoms with Crippen molar-refractivity contribution in [3.8, 4) is 0 Å². The minimum atomic E-state index is -4.27. The Morgan fingerprint density at radius 2 is 2.33 bits per heavy atom. The largest absolute Gasteiger partial charge is 0.364 e. The van der Waals surface area contributed by atoms with Crippen LogP contribution in [0.15, 0.2) is 6.33 Å². The summed E-state index contributed by atoms with van der Waals surface area (Å²) in [7, 11) is -4.27. The number of carbonyl (C=O) groups excluding carboxylic acids is 1. The number of ether oxygens (including phenoxy) is 1. The molecule has 3 heterocycles. The molecule has 21 heavy (non-hydrogen) atoms. The molecule has 12 heteroatoms. The van der Waals surface area contributed by atoms with Gasteiger partial charge in [0.1, 0.15) is 5.82 Å². The highest BCUT2D eigenvalue weighted by Crippen LogP contribution is 2.52. The van der Waals surface area contributed by atoms with Crippen molar-refractivity contribution in [2.45, 2.75) is 23.3 Å². The van der Waals surface area contributed by atoms with E-state index in [-0.39, 0.29) is 23.5 Å². The number of imidazole rings is 1. The van der Waals surface area contributed by atoms with Gasteiger partial charge in [-0.05, 0) is 0 Å². The molecule has 0 saturated carbocycles. The highest BCUT2D eigenvalue weighted by atomic mass is 32.2. The number of anilines is 1. The van der Waals surface area contributed by atoms with Crippen LogP contribution in [0.3, 0.4) is 0 Å². The van der Waals surface area contributed by atoms with Crippen molar-refractivity contribution in [2.24, 2.45) is 5.73 Å². The number of rotatable bonds is 3. The fourth-order valence-corrected chi connectivity index (χ4v) is 4.48. The van der Waals surface area contributed by atoms with Crippen molar-refractivity contribution in [3.63, 3.8) is 0 Å². The second-order valence-corrected chi connectivity index (χ2v) is 8.04. The maximum Gasteiger partial charge on any atom is 0.364 e. The molecule has 10 nitrogen and oxygen atoms in total. The molecule has 1 fully saturated rings. The van der Waals surface area contributed by atoms with E-state index in [0.29, 0.717) is 12.4 Å². The molecular weight excluding hydrogens is 321 g/mol. The van der Waals surface area contributed by atoms with Crippen LogP contribution >= 0.6 is 19.4 Å². The van der Waals surface area contributed by atoms with Gasteiger partial charge in [0.15, 0.2) is 12.0 Å². The maximum absolute atomic E-state index is 11.7. The lowest BCUT2D eigenvalue weighted by atomic mass is 10.3. The first kappa shape index (κ1) is 14.8. The zero-order valence-corrected chi connectivity index (χ0v) is 12.4. The van der Waals surface area contributed by atoms with Crippen LogP contribution in [-0.2, 0) is 15.8 Å². The summed E-state index contributed by atoms with van der Waals surface area (Å²) < 4.78 is 17.9. The second kappa shape index (κ2) is 5.27. The first-order valence-electron chi connectivity index (χ1n) is 6.05. The van der Waals surface area contributed by atoms with E-state index in [1.165, 1.54) is 6.33 Å². The quantitative estimate of drug-likeness (QED) is 0.432. The van der Waals surface area contributed by atoms with Gasteiger partial charge in [0.25, 0.3) is 5.91 Å². The molecule has 0 radical (unpaired) electrons. The Kier molecular flexibility index (Phi) is 3.72.